The Morgan fingerprint density at radius 1 is 1.31 bits per heavy atom. The van der Waals surface area contributed by atoms with Crippen molar-refractivity contribution in [2.24, 2.45) is 5.10 Å². The Bertz CT molecular complexity index is 841. The summed E-state index contributed by atoms with van der Waals surface area (Å²) in [5.41, 5.74) is 1.08. The number of anilines is 1. The first-order valence-electron chi connectivity index (χ1n) is 7.29. The highest BCUT2D eigenvalue weighted by molar-refractivity contribution is 9.10. The Labute approximate surface area is 154 Å². The minimum absolute atomic E-state index is 0.149. The van der Waals surface area contributed by atoms with E-state index in [1.807, 2.05) is 6.92 Å². The van der Waals surface area contributed by atoms with Gasteiger partial charge in [-0.2, -0.15) is 18.3 Å². The van der Waals surface area contributed by atoms with E-state index >= 15 is 0 Å². The largest absolute Gasteiger partial charge is 0.493 e. The minimum atomic E-state index is -4.67. The number of nitrogens with one attached hydrogen (secondary N) is 1. The molecule has 0 fully saturated rings. The van der Waals surface area contributed by atoms with Crippen LogP contribution in [0.5, 0.6) is 5.75 Å². The summed E-state index contributed by atoms with van der Waals surface area (Å²) < 4.78 is 44.1. The first-order chi connectivity index (χ1) is 12.2. The predicted molar refractivity (Wildman–Crippen MR) is 94.6 cm³/mol. The van der Waals surface area contributed by atoms with Gasteiger partial charge in [-0.1, -0.05) is 0 Å². The van der Waals surface area contributed by atoms with Crippen LogP contribution in [0.25, 0.3) is 0 Å². The lowest BCUT2D eigenvalue weighted by Crippen LogP contribution is -2.06. The molecular weight excluding hydrogens is 419 g/mol. The molecule has 1 N–H and O–H groups in total. The Balaban J connectivity index is 2.19. The highest BCUT2D eigenvalue weighted by Gasteiger charge is 2.33. The summed E-state index contributed by atoms with van der Waals surface area (Å²) in [7, 11) is 0. The van der Waals surface area contributed by atoms with Crippen LogP contribution in [0, 0.1) is 10.1 Å². The molecular formula is C16H13BrF3N3O3. The highest BCUT2D eigenvalue weighted by Crippen LogP contribution is 2.35. The van der Waals surface area contributed by atoms with E-state index in [0.29, 0.717) is 28.5 Å². The maximum atomic E-state index is 12.7. The van der Waals surface area contributed by atoms with Gasteiger partial charge >= 0.3 is 6.18 Å². The van der Waals surface area contributed by atoms with Crippen LogP contribution in [-0.2, 0) is 6.18 Å². The van der Waals surface area contributed by atoms with Gasteiger partial charge in [0.2, 0.25) is 0 Å². The molecule has 0 saturated carbocycles. The number of ether oxygens (including phenoxy) is 1. The van der Waals surface area contributed by atoms with E-state index in [-0.39, 0.29) is 5.69 Å². The molecule has 0 spiro atoms. The number of benzene rings is 2. The molecule has 0 aliphatic carbocycles. The predicted octanol–water partition coefficient (Wildman–Crippen LogP) is 5.22. The average molecular weight is 432 g/mol. The molecule has 6 nitrogen and oxygen atoms in total. The molecule has 138 valence electrons. The third-order valence-electron chi connectivity index (χ3n) is 3.18. The van der Waals surface area contributed by atoms with Gasteiger partial charge in [0.25, 0.3) is 5.69 Å². The number of hydrogen-bond acceptors (Lipinski definition) is 5. The number of hydrogen-bond donors (Lipinski definition) is 1. The molecule has 2 aromatic rings. The molecule has 0 bridgehead atoms. The SMILES string of the molecule is CCOc1ccc(/C=N\Nc2ccc(C(F)(F)F)cc2[N+](=O)[O-])cc1Br. The van der Waals surface area contributed by atoms with E-state index < -0.39 is 22.4 Å². The molecule has 26 heavy (non-hydrogen) atoms. The Morgan fingerprint density at radius 2 is 2.04 bits per heavy atom. The van der Waals surface area contributed by atoms with Crippen molar-refractivity contribution < 1.29 is 22.8 Å². The number of alkyl halides is 3. The van der Waals surface area contributed by atoms with E-state index in [9.17, 15) is 23.3 Å². The summed E-state index contributed by atoms with van der Waals surface area (Å²) in [5.74, 6) is 0.649. The van der Waals surface area contributed by atoms with E-state index in [2.05, 4.69) is 26.5 Å². The van der Waals surface area contributed by atoms with Crippen LogP contribution in [0.15, 0.2) is 46.0 Å². The second kappa shape index (κ2) is 8.17. The van der Waals surface area contributed by atoms with Crippen LogP contribution in [0.4, 0.5) is 24.5 Å². The molecule has 10 heteroatoms. The van der Waals surface area contributed by atoms with Crippen molar-refractivity contribution in [3.05, 3.63) is 62.1 Å². The van der Waals surface area contributed by atoms with Crippen molar-refractivity contribution in [2.45, 2.75) is 13.1 Å². The Hall–Kier alpha value is -2.62. The molecule has 0 aliphatic rings. The van der Waals surface area contributed by atoms with Gasteiger partial charge in [-0.25, -0.2) is 0 Å². The third-order valence-corrected chi connectivity index (χ3v) is 3.80. The van der Waals surface area contributed by atoms with Crippen molar-refractivity contribution >= 4 is 33.5 Å². The van der Waals surface area contributed by atoms with Crippen molar-refractivity contribution in [3.63, 3.8) is 0 Å². The normalized spacial score (nSPS) is 11.6. The number of hydrazone groups is 1. The maximum Gasteiger partial charge on any atom is 0.416 e. The molecule has 2 aromatic carbocycles. The molecule has 0 saturated heterocycles. The number of halogens is 4. The van der Waals surface area contributed by atoms with E-state index in [0.717, 1.165) is 12.1 Å². The lowest BCUT2D eigenvalue weighted by Gasteiger charge is -2.08. The summed E-state index contributed by atoms with van der Waals surface area (Å²) >= 11 is 3.34. The van der Waals surface area contributed by atoms with Gasteiger partial charge in [0, 0.05) is 6.07 Å². The first kappa shape index (κ1) is 19.7. The first-order valence-corrected chi connectivity index (χ1v) is 8.08. The van der Waals surface area contributed by atoms with Crippen LogP contribution >= 0.6 is 15.9 Å². The van der Waals surface area contributed by atoms with Crippen LogP contribution in [0.3, 0.4) is 0 Å². The zero-order valence-corrected chi connectivity index (χ0v) is 15.0. The highest BCUT2D eigenvalue weighted by atomic mass is 79.9. The van der Waals surface area contributed by atoms with E-state index in [4.69, 9.17) is 4.74 Å². The van der Waals surface area contributed by atoms with Gasteiger partial charge in [0.15, 0.2) is 0 Å². The second-order valence-electron chi connectivity index (χ2n) is 4.98. The lowest BCUT2D eigenvalue weighted by molar-refractivity contribution is -0.384. The molecule has 0 unspecified atom stereocenters. The summed E-state index contributed by atoms with van der Waals surface area (Å²) in [4.78, 5) is 10.1. The zero-order chi connectivity index (χ0) is 19.3. The van der Waals surface area contributed by atoms with Gasteiger partial charge in [-0.15, -0.1) is 0 Å². The van der Waals surface area contributed by atoms with Gasteiger partial charge in [0.1, 0.15) is 11.4 Å². The van der Waals surface area contributed by atoms with Gasteiger partial charge in [-0.3, -0.25) is 15.5 Å². The summed E-state index contributed by atoms with van der Waals surface area (Å²) in [6.07, 6.45) is -3.29. The van der Waals surface area contributed by atoms with Crippen molar-refractivity contribution in [1.82, 2.24) is 0 Å². The molecule has 0 aromatic heterocycles. The summed E-state index contributed by atoms with van der Waals surface area (Å²) in [5, 5.41) is 14.8. The third kappa shape index (κ3) is 4.94. The smallest absolute Gasteiger partial charge is 0.416 e. The lowest BCUT2D eigenvalue weighted by atomic mass is 10.1. The molecule has 0 radical (unpaired) electrons. The fraction of sp³-hybridized carbons (Fsp3) is 0.188. The van der Waals surface area contributed by atoms with Crippen molar-refractivity contribution in [1.29, 1.82) is 0 Å². The summed E-state index contributed by atoms with van der Waals surface area (Å²) in [6.45, 7) is 2.36. The Morgan fingerprint density at radius 3 is 2.62 bits per heavy atom. The van der Waals surface area contributed by atoms with E-state index in [1.54, 1.807) is 18.2 Å². The maximum absolute atomic E-state index is 12.7. The monoisotopic (exact) mass is 431 g/mol. The number of nitrogens with zero attached hydrogens (tertiary/aromatic N) is 2. The van der Waals surface area contributed by atoms with Gasteiger partial charge in [0.05, 0.1) is 27.8 Å². The van der Waals surface area contributed by atoms with Crippen LogP contribution < -0.4 is 10.2 Å². The molecule has 0 aliphatic heterocycles. The molecule has 0 atom stereocenters. The molecule has 0 heterocycles. The van der Waals surface area contributed by atoms with Crippen LogP contribution in [-0.4, -0.2) is 17.7 Å². The topological polar surface area (TPSA) is 76.8 Å². The summed E-state index contributed by atoms with van der Waals surface area (Å²) in [6, 6.07) is 7.32. The van der Waals surface area contributed by atoms with E-state index in [1.165, 1.54) is 6.21 Å². The molecule has 2 rings (SSSR count). The molecule has 0 amide bonds. The fourth-order valence-corrected chi connectivity index (χ4v) is 2.51. The minimum Gasteiger partial charge on any atom is -0.493 e. The average Bonchev–Trinajstić information content (AvgIpc) is 2.56. The van der Waals surface area contributed by atoms with Gasteiger partial charge < -0.3 is 4.74 Å². The second-order valence-corrected chi connectivity index (χ2v) is 5.83. The van der Waals surface area contributed by atoms with Crippen LogP contribution in [0.2, 0.25) is 0 Å². The van der Waals surface area contributed by atoms with Crippen LogP contribution in [0.1, 0.15) is 18.1 Å². The standard InChI is InChI=1S/C16H13BrF3N3O3/c1-2-26-15-6-3-10(7-12(15)17)9-21-22-13-5-4-11(16(18,19)20)8-14(13)23(24)25/h3-9,22H,2H2,1H3/b21-9-. The zero-order valence-electron chi connectivity index (χ0n) is 13.4. The van der Waals surface area contributed by atoms with Crippen molar-refractivity contribution in [2.75, 3.05) is 12.0 Å². The number of nitro groups is 1. The van der Waals surface area contributed by atoms with Gasteiger partial charge in [-0.05, 0) is 58.7 Å². The number of rotatable bonds is 6. The fourth-order valence-electron chi connectivity index (χ4n) is 2.00. The van der Waals surface area contributed by atoms with Crippen molar-refractivity contribution in [3.8, 4) is 5.75 Å². The quantitative estimate of drug-likeness (QED) is 0.386. The Kier molecular flexibility index (Phi) is 6.19. The number of nitro benzene ring substituents is 1.